The van der Waals surface area contributed by atoms with Crippen molar-refractivity contribution < 1.29 is 22.0 Å². The van der Waals surface area contributed by atoms with Gasteiger partial charge in [-0.3, -0.25) is 10.1 Å². The van der Waals surface area contributed by atoms with Crippen LogP contribution in [0.4, 0.5) is 10.4 Å². The molecule has 1 amide bonds. The van der Waals surface area contributed by atoms with Gasteiger partial charge in [0.1, 0.15) is 5.82 Å². The summed E-state index contributed by atoms with van der Waals surface area (Å²) in [6, 6.07) is 12.0. The summed E-state index contributed by atoms with van der Waals surface area (Å²) in [7, 11) is -3.29. The van der Waals surface area contributed by atoms with Gasteiger partial charge in [0.2, 0.25) is 11.8 Å². The van der Waals surface area contributed by atoms with Crippen molar-refractivity contribution in [1.82, 2.24) is 10.2 Å². The Kier molecular flexibility index (Phi) is 6.10. The Labute approximate surface area is 165 Å². The first-order valence-corrected chi connectivity index (χ1v) is 11.0. The van der Waals surface area contributed by atoms with E-state index in [2.05, 4.69) is 15.5 Å². The summed E-state index contributed by atoms with van der Waals surface area (Å²) >= 11 is 1.43. The van der Waals surface area contributed by atoms with Crippen LogP contribution >= 0.6 is 11.8 Å². The quantitative estimate of drug-likeness (QED) is 0.583. The zero-order valence-corrected chi connectivity index (χ0v) is 16.4. The lowest BCUT2D eigenvalue weighted by molar-refractivity contribution is -0.115. The summed E-state index contributed by atoms with van der Waals surface area (Å²) < 4.78 is 41.2. The molecule has 0 aliphatic carbocycles. The summed E-state index contributed by atoms with van der Waals surface area (Å²) in [4.78, 5) is 13.0. The fraction of sp³-hybridized carbons (Fsp3) is 0.167. The topological polar surface area (TPSA) is 102 Å². The lowest BCUT2D eigenvalue weighted by atomic mass is 10.2. The van der Waals surface area contributed by atoms with E-state index < -0.39 is 9.84 Å². The monoisotopic (exact) mass is 421 g/mol. The number of rotatable bonds is 7. The molecule has 0 spiro atoms. The molecule has 1 N–H and O–H groups in total. The number of nitrogens with one attached hydrogen (secondary N) is 1. The molecule has 0 aliphatic heterocycles. The molecule has 0 radical (unpaired) electrons. The highest BCUT2D eigenvalue weighted by atomic mass is 32.2. The van der Waals surface area contributed by atoms with Crippen molar-refractivity contribution in [2.24, 2.45) is 0 Å². The average molecular weight is 421 g/mol. The Morgan fingerprint density at radius 2 is 1.79 bits per heavy atom. The Balaban J connectivity index is 1.53. The van der Waals surface area contributed by atoms with Crippen LogP contribution in [0.3, 0.4) is 0 Å². The fourth-order valence-electron chi connectivity index (χ4n) is 2.21. The second-order valence-corrected chi connectivity index (χ2v) is 8.99. The lowest BCUT2D eigenvalue weighted by Gasteiger charge is -2.02. The Morgan fingerprint density at radius 1 is 1.11 bits per heavy atom. The third-order valence-electron chi connectivity index (χ3n) is 3.61. The van der Waals surface area contributed by atoms with E-state index in [4.69, 9.17) is 4.42 Å². The molecule has 7 nitrogen and oxygen atoms in total. The van der Waals surface area contributed by atoms with Gasteiger partial charge in [-0.25, -0.2) is 12.8 Å². The molecule has 0 fully saturated rings. The first kappa shape index (κ1) is 20.0. The lowest BCUT2D eigenvalue weighted by Crippen LogP contribution is -2.12. The maximum atomic E-state index is 12.9. The molecule has 146 valence electrons. The van der Waals surface area contributed by atoms with Gasteiger partial charge in [-0.15, -0.1) is 16.9 Å². The molecule has 3 rings (SSSR count). The maximum Gasteiger partial charge on any atom is 0.322 e. The first-order valence-electron chi connectivity index (χ1n) is 8.13. The Bertz CT molecular complexity index is 1060. The van der Waals surface area contributed by atoms with E-state index in [1.54, 1.807) is 24.3 Å². The molecule has 1 aromatic heterocycles. The van der Waals surface area contributed by atoms with Gasteiger partial charge in [0.15, 0.2) is 9.84 Å². The van der Waals surface area contributed by atoms with E-state index in [0.717, 1.165) is 11.2 Å². The van der Waals surface area contributed by atoms with Crippen LogP contribution in [0, 0.1) is 5.82 Å². The molecule has 0 aliphatic rings. The Morgan fingerprint density at radius 3 is 2.43 bits per heavy atom. The number of carbonyl (C=O) groups excluding carboxylic acids is 1. The smallest absolute Gasteiger partial charge is 0.322 e. The van der Waals surface area contributed by atoms with Crippen LogP contribution < -0.4 is 5.32 Å². The number of hydrogen-bond donors (Lipinski definition) is 1. The predicted octanol–water partition coefficient (Wildman–Crippen LogP) is 3.40. The number of sulfone groups is 1. The molecule has 0 bridgehead atoms. The summed E-state index contributed by atoms with van der Waals surface area (Å²) in [6.07, 6.45) is 1.33. The zero-order valence-electron chi connectivity index (χ0n) is 14.8. The summed E-state index contributed by atoms with van der Waals surface area (Å²) in [5.41, 5.74) is 0.535. The predicted molar refractivity (Wildman–Crippen MR) is 103 cm³/mol. The minimum absolute atomic E-state index is 0.0426. The van der Waals surface area contributed by atoms with Gasteiger partial charge in [0.05, 0.1) is 4.90 Å². The number of anilines is 1. The number of nitrogens with zero attached hydrogens (tertiary/aromatic N) is 2. The maximum absolute atomic E-state index is 12.9. The molecule has 1 heterocycles. The van der Waals surface area contributed by atoms with Crippen LogP contribution in [0.5, 0.6) is 0 Å². The number of carbonyl (C=O) groups is 1. The van der Waals surface area contributed by atoms with Gasteiger partial charge < -0.3 is 4.42 Å². The third kappa shape index (κ3) is 5.40. The number of aromatic nitrogens is 2. The molecule has 3 aromatic rings. The van der Waals surface area contributed by atoms with E-state index in [0.29, 0.717) is 11.3 Å². The van der Waals surface area contributed by atoms with Crippen molar-refractivity contribution in [1.29, 1.82) is 0 Å². The Hall–Kier alpha value is -2.72. The average Bonchev–Trinajstić information content (AvgIpc) is 3.11. The standard InChI is InChI=1S/C18H16FN3O4S2/c1-28(24,25)15-8-2-12(3-9-15)17-21-22-18(26-17)20-16(23)10-11-27-14-6-4-13(19)5-7-14/h2-9H,10-11H2,1H3,(H,20,22,23). The van der Waals surface area contributed by atoms with E-state index in [1.165, 1.54) is 36.0 Å². The molecule has 0 atom stereocenters. The fourth-order valence-corrected chi connectivity index (χ4v) is 3.69. The van der Waals surface area contributed by atoms with E-state index >= 15 is 0 Å². The molecular weight excluding hydrogens is 405 g/mol. The van der Waals surface area contributed by atoms with Crippen molar-refractivity contribution in [3.63, 3.8) is 0 Å². The number of benzene rings is 2. The van der Waals surface area contributed by atoms with E-state index in [-0.39, 0.29) is 34.9 Å². The minimum Gasteiger partial charge on any atom is -0.403 e. The number of amides is 1. The van der Waals surface area contributed by atoms with Gasteiger partial charge >= 0.3 is 6.01 Å². The molecule has 10 heteroatoms. The van der Waals surface area contributed by atoms with Crippen LogP contribution in [0.25, 0.3) is 11.5 Å². The van der Waals surface area contributed by atoms with Crippen LogP contribution in [0.1, 0.15) is 6.42 Å². The molecule has 0 unspecified atom stereocenters. The molecular formula is C18H16FN3O4S2. The van der Waals surface area contributed by atoms with Gasteiger partial charge in [0, 0.05) is 28.9 Å². The third-order valence-corrected chi connectivity index (χ3v) is 5.75. The largest absolute Gasteiger partial charge is 0.403 e. The summed E-state index contributed by atoms with van der Waals surface area (Å²) in [6.45, 7) is 0. The van der Waals surface area contributed by atoms with Crippen LogP contribution in [0.2, 0.25) is 0 Å². The van der Waals surface area contributed by atoms with Crippen LogP contribution in [-0.2, 0) is 14.6 Å². The number of thioether (sulfide) groups is 1. The van der Waals surface area contributed by atoms with Crippen molar-refractivity contribution in [2.45, 2.75) is 16.2 Å². The zero-order chi connectivity index (χ0) is 20.1. The van der Waals surface area contributed by atoms with Crippen LogP contribution in [0.15, 0.2) is 62.7 Å². The van der Waals surface area contributed by atoms with Gasteiger partial charge in [0.25, 0.3) is 0 Å². The second-order valence-electron chi connectivity index (χ2n) is 5.81. The van der Waals surface area contributed by atoms with E-state index in [9.17, 15) is 17.6 Å². The van der Waals surface area contributed by atoms with Crippen molar-refractivity contribution in [3.05, 3.63) is 54.3 Å². The molecule has 0 saturated heterocycles. The van der Waals surface area contributed by atoms with Gasteiger partial charge in [-0.05, 0) is 48.5 Å². The van der Waals surface area contributed by atoms with Gasteiger partial charge in [-0.1, -0.05) is 5.10 Å². The summed E-state index contributed by atoms with van der Waals surface area (Å²) in [5.74, 6) is 0.0688. The summed E-state index contributed by atoms with van der Waals surface area (Å²) in [5, 5.41) is 10.1. The van der Waals surface area contributed by atoms with Crippen LogP contribution in [-0.4, -0.2) is 36.5 Å². The molecule has 0 saturated carbocycles. The molecule has 28 heavy (non-hydrogen) atoms. The number of hydrogen-bond acceptors (Lipinski definition) is 7. The minimum atomic E-state index is -3.29. The highest BCUT2D eigenvalue weighted by Gasteiger charge is 2.13. The first-order chi connectivity index (χ1) is 13.3. The van der Waals surface area contributed by atoms with E-state index in [1.807, 2.05) is 0 Å². The second kappa shape index (κ2) is 8.53. The van der Waals surface area contributed by atoms with Gasteiger partial charge in [-0.2, -0.15) is 0 Å². The van der Waals surface area contributed by atoms with Crippen molar-refractivity contribution in [3.8, 4) is 11.5 Å². The molecule has 2 aromatic carbocycles. The SMILES string of the molecule is CS(=O)(=O)c1ccc(-c2nnc(NC(=O)CCSc3ccc(F)cc3)o2)cc1. The van der Waals surface area contributed by atoms with Crippen molar-refractivity contribution >= 4 is 33.5 Å². The highest BCUT2D eigenvalue weighted by molar-refractivity contribution is 7.99. The van der Waals surface area contributed by atoms with Crippen molar-refractivity contribution in [2.75, 3.05) is 17.3 Å². The normalized spacial score (nSPS) is 11.4. The highest BCUT2D eigenvalue weighted by Crippen LogP contribution is 2.22. The number of halogens is 1.